The number of rotatable bonds is 4. The van der Waals surface area contributed by atoms with Crippen LogP contribution in [0.15, 0.2) is 35.6 Å². The summed E-state index contributed by atoms with van der Waals surface area (Å²) >= 11 is 0. The summed E-state index contributed by atoms with van der Waals surface area (Å²) in [6.45, 7) is -2.11. The monoisotopic (exact) mass is 432 g/mol. The number of hydrogen-bond donors (Lipinski definition) is 2. The van der Waals surface area contributed by atoms with Crippen molar-refractivity contribution in [1.29, 1.82) is 0 Å². The minimum atomic E-state index is -2.98. The summed E-state index contributed by atoms with van der Waals surface area (Å²) in [7, 11) is 1.48. The van der Waals surface area contributed by atoms with Gasteiger partial charge < -0.3 is 25.3 Å². The zero-order chi connectivity index (χ0) is 21.8. The number of carbonyl (C=O) groups is 1. The highest BCUT2D eigenvalue weighted by molar-refractivity contribution is 6.02. The SMILES string of the molecule is C[n+]1cc(C(=O)Nc2ccc3c(c2)C2(COC(N)=N2)C2(CC2)CO3)ncc1OC(F)F. The number of fused-ring (bicyclic) bond motifs is 3. The van der Waals surface area contributed by atoms with Crippen LogP contribution >= 0.6 is 0 Å². The van der Waals surface area contributed by atoms with Crippen molar-refractivity contribution in [2.24, 2.45) is 23.2 Å². The third-order valence-corrected chi connectivity index (χ3v) is 6.07. The smallest absolute Gasteiger partial charge is 0.391 e. The Balaban J connectivity index is 1.43. The second kappa shape index (κ2) is 6.76. The maximum Gasteiger partial charge on any atom is 0.391 e. The van der Waals surface area contributed by atoms with Gasteiger partial charge in [-0.05, 0) is 31.0 Å². The Labute approximate surface area is 175 Å². The van der Waals surface area contributed by atoms with Gasteiger partial charge in [-0.25, -0.2) is 9.98 Å². The fourth-order valence-electron chi connectivity index (χ4n) is 4.24. The maximum atomic E-state index is 12.7. The van der Waals surface area contributed by atoms with E-state index in [1.807, 2.05) is 6.07 Å². The van der Waals surface area contributed by atoms with Crippen molar-refractivity contribution >= 4 is 17.6 Å². The number of aromatic nitrogens is 2. The van der Waals surface area contributed by atoms with Gasteiger partial charge in [-0.1, -0.05) is 0 Å². The van der Waals surface area contributed by atoms with Crippen molar-refractivity contribution < 1.29 is 32.4 Å². The van der Waals surface area contributed by atoms with Crippen molar-refractivity contribution in [3.05, 3.63) is 41.9 Å². The van der Waals surface area contributed by atoms with Crippen molar-refractivity contribution in [3.63, 3.8) is 0 Å². The minimum absolute atomic E-state index is 0.0397. The Morgan fingerprint density at radius 2 is 2.13 bits per heavy atom. The lowest BCUT2D eigenvalue weighted by molar-refractivity contribution is -0.679. The van der Waals surface area contributed by atoms with E-state index in [0.29, 0.717) is 24.7 Å². The van der Waals surface area contributed by atoms with E-state index in [1.165, 1.54) is 17.8 Å². The van der Waals surface area contributed by atoms with Gasteiger partial charge in [0.25, 0.3) is 11.9 Å². The zero-order valence-corrected chi connectivity index (χ0v) is 16.6. The molecule has 0 radical (unpaired) electrons. The number of ether oxygens (including phenoxy) is 3. The number of nitrogens with two attached hydrogens (primary N) is 1. The molecule has 1 atom stereocenters. The van der Waals surface area contributed by atoms with E-state index in [1.54, 1.807) is 12.1 Å². The first-order valence-electron chi connectivity index (χ1n) is 9.69. The molecule has 1 aromatic heterocycles. The standard InChI is InChI=1S/C20H19F2N5O4/c1-27-8-13(24-7-15(27)31-17(21)22)16(28)25-11-2-3-14-12(6-11)20(10-30-18(23)26-20)19(4-5-19)9-29-14/h2-3,6-8,17H,4-5,9-10H2,1H3,(H2-,23,25,26,28)/p+1. The first-order chi connectivity index (χ1) is 14.8. The van der Waals surface area contributed by atoms with Gasteiger partial charge in [0.05, 0.1) is 6.61 Å². The molecular weight excluding hydrogens is 412 g/mol. The van der Waals surface area contributed by atoms with Crippen molar-refractivity contribution in [1.82, 2.24) is 4.98 Å². The molecule has 5 rings (SSSR count). The van der Waals surface area contributed by atoms with Gasteiger partial charge in [-0.3, -0.25) is 4.79 Å². The van der Waals surface area contributed by atoms with Crippen molar-refractivity contribution in [2.75, 3.05) is 18.5 Å². The number of aliphatic imine (C=N–C) groups is 1. The highest BCUT2D eigenvalue weighted by atomic mass is 19.3. The molecule has 2 spiro atoms. The number of anilines is 1. The van der Waals surface area contributed by atoms with E-state index in [-0.39, 0.29) is 23.0 Å². The van der Waals surface area contributed by atoms with E-state index < -0.39 is 18.1 Å². The van der Waals surface area contributed by atoms with Crippen LogP contribution in [0.4, 0.5) is 14.5 Å². The number of halogens is 2. The predicted octanol–water partition coefficient (Wildman–Crippen LogP) is 1.47. The van der Waals surface area contributed by atoms with Gasteiger partial charge in [-0.2, -0.15) is 13.3 Å². The quantitative estimate of drug-likeness (QED) is 0.708. The third kappa shape index (κ3) is 3.11. The summed E-state index contributed by atoms with van der Waals surface area (Å²) in [5, 5.41) is 2.78. The lowest BCUT2D eigenvalue weighted by Gasteiger charge is -2.39. The van der Waals surface area contributed by atoms with Crippen LogP contribution in [0.3, 0.4) is 0 Å². The highest BCUT2D eigenvalue weighted by Gasteiger charge is 2.66. The van der Waals surface area contributed by atoms with E-state index >= 15 is 0 Å². The Bertz CT molecular complexity index is 1100. The van der Waals surface area contributed by atoms with Gasteiger partial charge in [0.1, 0.15) is 31.1 Å². The molecule has 0 bridgehead atoms. The molecule has 1 amide bonds. The van der Waals surface area contributed by atoms with E-state index in [2.05, 4.69) is 20.0 Å². The van der Waals surface area contributed by atoms with Gasteiger partial charge in [0, 0.05) is 16.7 Å². The van der Waals surface area contributed by atoms with E-state index in [9.17, 15) is 13.6 Å². The molecule has 1 aromatic carbocycles. The molecule has 1 saturated carbocycles. The molecule has 9 nitrogen and oxygen atoms in total. The lowest BCUT2D eigenvalue weighted by atomic mass is 9.74. The second-order valence-electron chi connectivity index (χ2n) is 7.93. The summed E-state index contributed by atoms with van der Waals surface area (Å²) in [6.07, 6.45) is 4.29. The summed E-state index contributed by atoms with van der Waals surface area (Å²) in [4.78, 5) is 21.3. The van der Waals surface area contributed by atoms with Gasteiger partial charge >= 0.3 is 12.5 Å². The Morgan fingerprint density at radius 1 is 1.32 bits per heavy atom. The van der Waals surface area contributed by atoms with Gasteiger partial charge in [0.15, 0.2) is 5.69 Å². The molecule has 1 aliphatic carbocycles. The molecular formula is C20H20F2N5O4+. The zero-order valence-electron chi connectivity index (χ0n) is 16.6. The molecule has 3 heterocycles. The van der Waals surface area contributed by atoms with Crippen LogP contribution in [0.1, 0.15) is 28.9 Å². The molecule has 31 heavy (non-hydrogen) atoms. The molecule has 3 N–H and O–H groups in total. The maximum absolute atomic E-state index is 12.7. The molecule has 1 fully saturated rings. The summed E-state index contributed by atoms with van der Waals surface area (Å²) in [5.74, 6) is 0.0122. The molecule has 0 saturated heterocycles. The molecule has 2 aliphatic heterocycles. The predicted molar refractivity (Wildman–Crippen MR) is 103 cm³/mol. The Kier molecular flexibility index (Phi) is 4.24. The highest BCUT2D eigenvalue weighted by Crippen LogP contribution is 2.65. The topological polar surface area (TPSA) is 112 Å². The molecule has 2 aromatic rings. The minimum Gasteiger partial charge on any atom is -0.493 e. The fourth-order valence-corrected chi connectivity index (χ4v) is 4.24. The number of amides is 1. The second-order valence-corrected chi connectivity index (χ2v) is 7.93. The van der Waals surface area contributed by atoms with Crippen LogP contribution < -0.4 is 25.1 Å². The average Bonchev–Trinajstić information content (AvgIpc) is 3.42. The number of nitrogens with zero attached hydrogens (tertiary/aromatic N) is 3. The van der Waals surface area contributed by atoms with E-state index in [4.69, 9.17) is 15.2 Å². The Morgan fingerprint density at radius 3 is 2.77 bits per heavy atom. The number of carbonyl (C=O) groups excluding carboxylic acids is 1. The number of aryl methyl sites for hydroxylation is 1. The summed E-state index contributed by atoms with van der Waals surface area (Å²) in [5.41, 5.74) is 6.43. The van der Waals surface area contributed by atoms with E-state index in [0.717, 1.165) is 24.6 Å². The first kappa shape index (κ1) is 19.5. The largest absolute Gasteiger partial charge is 0.493 e. The number of hydrogen-bond acceptors (Lipinski definition) is 7. The normalized spacial score (nSPS) is 22.5. The van der Waals surface area contributed by atoms with Crippen molar-refractivity contribution in [3.8, 4) is 11.6 Å². The van der Waals surface area contributed by atoms with Crippen molar-refractivity contribution in [2.45, 2.75) is 25.0 Å². The summed E-state index contributed by atoms with van der Waals surface area (Å²) < 4.78 is 41.9. The number of nitrogens with one attached hydrogen (secondary N) is 1. The molecule has 11 heteroatoms. The molecule has 3 aliphatic rings. The van der Waals surface area contributed by atoms with Crippen LogP contribution in [0.5, 0.6) is 11.6 Å². The number of amidine groups is 1. The van der Waals surface area contributed by atoms with Crippen LogP contribution in [0.25, 0.3) is 0 Å². The average molecular weight is 432 g/mol. The Hall–Kier alpha value is -3.50. The molecule has 162 valence electrons. The van der Waals surface area contributed by atoms with Gasteiger partial charge in [0.2, 0.25) is 6.20 Å². The van der Waals surface area contributed by atoms with Crippen LogP contribution in [-0.4, -0.2) is 36.7 Å². The number of alkyl halides is 2. The molecule has 1 unspecified atom stereocenters. The van der Waals surface area contributed by atoms with Crippen LogP contribution in [0, 0.1) is 5.41 Å². The lowest BCUT2D eigenvalue weighted by Crippen LogP contribution is -2.44. The van der Waals surface area contributed by atoms with Crippen LogP contribution in [-0.2, 0) is 17.3 Å². The fraction of sp³-hybridized carbons (Fsp3) is 0.400. The van der Waals surface area contributed by atoms with Crippen LogP contribution in [0.2, 0.25) is 0 Å². The summed E-state index contributed by atoms with van der Waals surface area (Å²) in [6, 6.07) is 5.45. The van der Waals surface area contributed by atoms with Gasteiger partial charge in [-0.15, -0.1) is 0 Å². The first-order valence-corrected chi connectivity index (χ1v) is 9.69. The third-order valence-electron chi connectivity index (χ3n) is 6.07. The number of benzene rings is 1.